The van der Waals surface area contributed by atoms with E-state index in [0.717, 1.165) is 12.8 Å². The quantitative estimate of drug-likeness (QED) is 0.538. The van der Waals surface area contributed by atoms with Crippen LogP contribution in [-0.4, -0.2) is 37.1 Å². The van der Waals surface area contributed by atoms with Crippen molar-refractivity contribution in [2.24, 2.45) is 0 Å². The highest BCUT2D eigenvalue weighted by Gasteiger charge is 2.12. The van der Waals surface area contributed by atoms with Gasteiger partial charge >= 0.3 is 0 Å². The highest BCUT2D eigenvalue weighted by molar-refractivity contribution is 4.61. The SMILES string of the molecule is CCCCCC(CCC)OC(C)COCCO. The number of hydrogen-bond acceptors (Lipinski definition) is 3. The third-order valence-electron chi connectivity index (χ3n) is 2.75. The number of ether oxygens (including phenoxy) is 2. The molecule has 0 bridgehead atoms. The van der Waals surface area contributed by atoms with Gasteiger partial charge in [-0.25, -0.2) is 0 Å². The maximum Gasteiger partial charge on any atom is 0.0784 e. The van der Waals surface area contributed by atoms with Crippen LogP contribution in [0.4, 0.5) is 0 Å². The monoisotopic (exact) mass is 246 g/mol. The van der Waals surface area contributed by atoms with Crippen LogP contribution in [-0.2, 0) is 9.47 Å². The molecule has 0 spiro atoms. The molecular weight excluding hydrogens is 216 g/mol. The lowest BCUT2D eigenvalue weighted by Crippen LogP contribution is -2.24. The lowest BCUT2D eigenvalue weighted by Gasteiger charge is -2.22. The van der Waals surface area contributed by atoms with E-state index in [1.54, 1.807) is 0 Å². The summed E-state index contributed by atoms with van der Waals surface area (Å²) in [5.41, 5.74) is 0. The Balaban J connectivity index is 3.71. The fourth-order valence-electron chi connectivity index (χ4n) is 1.91. The van der Waals surface area contributed by atoms with Crippen LogP contribution in [0.2, 0.25) is 0 Å². The summed E-state index contributed by atoms with van der Waals surface area (Å²) in [5, 5.41) is 8.62. The summed E-state index contributed by atoms with van der Waals surface area (Å²) in [7, 11) is 0. The van der Waals surface area contributed by atoms with Crippen LogP contribution in [0.25, 0.3) is 0 Å². The Hall–Kier alpha value is -0.120. The molecule has 0 rings (SSSR count). The Morgan fingerprint density at radius 2 is 1.82 bits per heavy atom. The van der Waals surface area contributed by atoms with Gasteiger partial charge in [-0.3, -0.25) is 0 Å². The molecule has 17 heavy (non-hydrogen) atoms. The molecule has 2 atom stereocenters. The summed E-state index contributed by atoms with van der Waals surface area (Å²) < 4.78 is 11.3. The summed E-state index contributed by atoms with van der Waals surface area (Å²) in [6, 6.07) is 0. The van der Waals surface area contributed by atoms with Gasteiger partial charge in [0.1, 0.15) is 0 Å². The summed E-state index contributed by atoms with van der Waals surface area (Å²) in [6.07, 6.45) is 7.76. The molecule has 0 aromatic rings. The summed E-state index contributed by atoms with van der Waals surface area (Å²) >= 11 is 0. The smallest absolute Gasteiger partial charge is 0.0784 e. The topological polar surface area (TPSA) is 38.7 Å². The van der Waals surface area contributed by atoms with Crippen molar-refractivity contribution in [2.45, 2.75) is 71.5 Å². The molecule has 2 unspecified atom stereocenters. The number of aliphatic hydroxyl groups is 1. The van der Waals surface area contributed by atoms with E-state index < -0.39 is 0 Å². The summed E-state index contributed by atoms with van der Waals surface area (Å²) in [6.45, 7) is 7.53. The maximum atomic E-state index is 8.62. The molecule has 0 aliphatic heterocycles. The van der Waals surface area contributed by atoms with Crippen LogP contribution in [0.3, 0.4) is 0 Å². The van der Waals surface area contributed by atoms with Crippen molar-refractivity contribution in [3.05, 3.63) is 0 Å². The largest absolute Gasteiger partial charge is 0.394 e. The molecule has 3 nitrogen and oxygen atoms in total. The van der Waals surface area contributed by atoms with E-state index in [2.05, 4.69) is 13.8 Å². The fourth-order valence-corrected chi connectivity index (χ4v) is 1.91. The molecule has 0 aromatic heterocycles. The van der Waals surface area contributed by atoms with Crippen LogP contribution < -0.4 is 0 Å². The van der Waals surface area contributed by atoms with Gasteiger partial charge in [0.05, 0.1) is 32.0 Å². The molecular formula is C14H30O3. The van der Waals surface area contributed by atoms with Gasteiger partial charge in [0.2, 0.25) is 0 Å². The van der Waals surface area contributed by atoms with Gasteiger partial charge in [-0.2, -0.15) is 0 Å². The molecule has 0 amide bonds. The Morgan fingerprint density at radius 1 is 1.06 bits per heavy atom. The first-order chi connectivity index (χ1) is 8.24. The second-order valence-corrected chi connectivity index (χ2v) is 4.65. The summed E-state index contributed by atoms with van der Waals surface area (Å²) in [4.78, 5) is 0. The van der Waals surface area contributed by atoms with Crippen LogP contribution >= 0.6 is 0 Å². The summed E-state index contributed by atoms with van der Waals surface area (Å²) in [5.74, 6) is 0. The van der Waals surface area contributed by atoms with E-state index in [0.29, 0.717) is 19.3 Å². The highest BCUT2D eigenvalue weighted by Crippen LogP contribution is 2.14. The number of aliphatic hydroxyl groups excluding tert-OH is 1. The highest BCUT2D eigenvalue weighted by atomic mass is 16.5. The zero-order valence-corrected chi connectivity index (χ0v) is 11.8. The normalized spacial score (nSPS) is 14.8. The zero-order valence-electron chi connectivity index (χ0n) is 11.8. The van der Waals surface area contributed by atoms with Gasteiger partial charge in [-0.05, 0) is 19.8 Å². The number of hydrogen-bond donors (Lipinski definition) is 1. The molecule has 0 radical (unpaired) electrons. The Kier molecular flexibility index (Phi) is 12.3. The molecule has 0 saturated carbocycles. The van der Waals surface area contributed by atoms with Gasteiger partial charge in [0.25, 0.3) is 0 Å². The minimum atomic E-state index is 0.0849. The third-order valence-corrected chi connectivity index (χ3v) is 2.75. The van der Waals surface area contributed by atoms with E-state index in [-0.39, 0.29) is 12.7 Å². The van der Waals surface area contributed by atoms with Crippen molar-refractivity contribution in [1.29, 1.82) is 0 Å². The standard InChI is InChI=1S/C14H30O3/c1-4-6-7-9-14(8-5-2)17-13(3)12-16-11-10-15/h13-15H,4-12H2,1-3H3. The van der Waals surface area contributed by atoms with E-state index >= 15 is 0 Å². The van der Waals surface area contributed by atoms with Crippen LogP contribution in [0.15, 0.2) is 0 Å². The molecule has 0 aliphatic carbocycles. The molecule has 0 heterocycles. The van der Waals surface area contributed by atoms with Crippen molar-refractivity contribution in [3.8, 4) is 0 Å². The second kappa shape index (κ2) is 12.3. The molecule has 1 N–H and O–H groups in total. The maximum absolute atomic E-state index is 8.62. The molecule has 0 aliphatic rings. The minimum absolute atomic E-state index is 0.0849. The average molecular weight is 246 g/mol. The first-order valence-electron chi connectivity index (χ1n) is 7.08. The first kappa shape index (κ1) is 16.9. The lowest BCUT2D eigenvalue weighted by atomic mass is 10.1. The van der Waals surface area contributed by atoms with E-state index in [9.17, 15) is 0 Å². The average Bonchev–Trinajstić information content (AvgIpc) is 2.30. The third kappa shape index (κ3) is 10.7. The zero-order chi connectivity index (χ0) is 12.9. The first-order valence-corrected chi connectivity index (χ1v) is 7.08. The van der Waals surface area contributed by atoms with E-state index in [4.69, 9.17) is 14.6 Å². The van der Waals surface area contributed by atoms with Gasteiger partial charge in [0.15, 0.2) is 0 Å². The van der Waals surface area contributed by atoms with Crippen molar-refractivity contribution in [3.63, 3.8) is 0 Å². The predicted octanol–water partition coefficient (Wildman–Crippen LogP) is 3.15. The van der Waals surface area contributed by atoms with Gasteiger partial charge in [0, 0.05) is 0 Å². The fraction of sp³-hybridized carbons (Fsp3) is 1.00. The molecule has 0 saturated heterocycles. The lowest BCUT2D eigenvalue weighted by molar-refractivity contribution is -0.0582. The Morgan fingerprint density at radius 3 is 2.41 bits per heavy atom. The van der Waals surface area contributed by atoms with Gasteiger partial charge in [-0.15, -0.1) is 0 Å². The number of rotatable bonds is 12. The molecule has 3 heteroatoms. The van der Waals surface area contributed by atoms with Gasteiger partial charge < -0.3 is 14.6 Å². The second-order valence-electron chi connectivity index (χ2n) is 4.65. The van der Waals surface area contributed by atoms with E-state index in [1.807, 2.05) is 6.92 Å². The van der Waals surface area contributed by atoms with Crippen LogP contribution in [0.1, 0.15) is 59.3 Å². The van der Waals surface area contributed by atoms with Crippen LogP contribution in [0.5, 0.6) is 0 Å². The Bertz CT molecular complexity index is 150. The van der Waals surface area contributed by atoms with Crippen molar-refractivity contribution in [2.75, 3.05) is 19.8 Å². The molecule has 0 fully saturated rings. The minimum Gasteiger partial charge on any atom is -0.394 e. The van der Waals surface area contributed by atoms with Crippen LogP contribution in [0, 0.1) is 0 Å². The molecule has 104 valence electrons. The van der Waals surface area contributed by atoms with E-state index in [1.165, 1.54) is 25.7 Å². The predicted molar refractivity (Wildman–Crippen MR) is 71.3 cm³/mol. The number of unbranched alkanes of at least 4 members (excludes halogenated alkanes) is 2. The van der Waals surface area contributed by atoms with Crippen molar-refractivity contribution in [1.82, 2.24) is 0 Å². The van der Waals surface area contributed by atoms with Crippen molar-refractivity contribution < 1.29 is 14.6 Å². The van der Waals surface area contributed by atoms with Gasteiger partial charge in [-0.1, -0.05) is 39.5 Å². The Labute approximate surface area is 107 Å². The molecule has 0 aromatic carbocycles. The van der Waals surface area contributed by atoms with Crippen molar-refractivity contribution >= 4 is 0 Å².